The summed E-state index contributed by atoms with van der Waals surface area (Å²) >= 11 is 0. The molecule has 1 aliphatic rings. The van der Waals surface area contributed by atoms with Crippen LogP contribution in [-0.2, 0) is 20.8 Å². The highest BCUT2D eigenvalue weighted by Gasteiger charge is 2.26. The summed E-state index contributed by atoms with van der Waals surface area (Å²) in [5.41, 5.74) is 0.147. The predicted octanol–water partition coefficient (Wildman–Crippen LogP) is 2.21. The number of aliphatic carboxylic acids is 1. The summed E-state index contributed by atoms with van der Waals surface area (Å²) in [5, 5.41) is 19.3. The van der Waals surface area contributed by atoms with Crippen LogP contribution < -0.4 is 10.9 Å². The maximum atomic E-state index is 12.4. The van der Waals surface area contributed by atoms with Gasteiger partial charge in [0.1, 0.15) is 0 Å². The Morgan fingerprint density at radius 3 is 2.50 bits per heavy atom. The highest BCUT2D eigenvalue weighted by Crippen LogP contribution is 2.31. The number of carbonyl (C=O) groups is 3. The Morgan fingerprint density at radius 1 is 1.17 bits per heavy atom. The van der Waals surface area contributed by atoms with Gasteiger partial charge in [0.2, 0.25) is 5.91 Å². The third kappa shape index (κ3) is 5.31. The van der Waals surface area contributed by atoms with Crippen LogP contribution in [0.15, 0.2) is 29.1 Å². The van der Waals surface area contributed by atoms with Gasteiger partial charge in [0, 0.05) is 11.8 Å². The van der Waals surface area contributed by atoms with Gasteiger partial charge in [-0.25, -0.2) is 5.10 Å². The van der Waals surface area contributed by atoms with Crippen molar-refractivity contribution in [3.63, 3.8) is 0 Å². The molecule has 3 N–H and O–H groups in total. The van der Waals surface area contributed by atoms with E-state index < -0.39 is 12.0 Å². The second kappa shape index (κ2) is 9.65. The molecule has 2 aromatic rings. The number of Topliss-reactive ketones (excluding diaryl/α,β-unsaturated/α-hetero) is 1. The summed E-state index contributed by atoms with van der Waals surface area (Å²) < 4.78 is 0. The topological polar surface area (TPSA) is 129 Å². The van der Waals surface area contributed by atoms with Crippen LogP contribution in [0.4, 0.5) is 0 Å². The molecule has 0 aliphatic heterocycles. The Hall–Kier alpha value is -3.03. The van der Waals surface area contributed by atoms with Gasteiger partial charge in [-0.05, 0) is 51.0 Å². The Balaban J connectivity index is 1.49. The quantitative estimate of drug-likeness (QED) is 0.608. The molecule has 0 bridgehead atoms. The first-order valence-corrected chi connectivity index (χ1v) is 10.4. The van der Waals surface area contributed by atoms with Crippen molar-refractivity contribution in [3.8, 4) is 0 Å². The number of amides is 1. The molecule has 0 spiro atoms. The molecule has 1 fully saturated rings. The van der Waals surface area contributed by atoms with Gasteiger partial charge in [-0.15, -0.1) is 0 Å². The van der Waals surface area contributed by atoms with E-state index in [9.17, 15) is 19.2 Å². The van der Waals surface area contributed by atoms with E-state index in [1.54, 1.807) is 31.2 Å². The standard InChI is InChI=1S/C22H27N3O5/c1-13(19(26)11-8-14-6-9-15(10-7-14)22(29)30)23-20(27)12-18-16-4-2-3-5-17(16)21(28)25-24-18/h2-5,13-15H,6-12H2,1H3,(H,23,27)(H,25,28)(H,29,30)/t13-,14?,15?/m0/s1. The number of hydrogen-bond donors (Lipinski definition) is 3. The molecule has 3 rings (SSSR count). The lowest BCUT2D eigenvalue weighted by molar-refractivity contribution is -0.143. The Kier molecular flexibility index (Phi) is 6.97. The molecular weight excluding hydrogens is 386 g/mol. The summed E-state index contributed by atoms with van der Waals surface area (Å²) in [5.74, 6) is -0.993. The monoisotopic (exact) mass is 413 g/mol. The number of benzene rings is 1. The maximum absolute atomic E-state index is 12.4. The maximum Gasteiger partial charge on any atom is 0.306 e. The number of aromatic amines is 1. The zero-order valence-electron chi connectivity index (χ0n) is 17.0. The van der Waals surface area contributed by atoms with E-state index in [0.29, 0.717) is 41.6 Å². The van der Waals surface area contributed by atoms with Gasteiger partial charge in [0.05, 0.1) is 29.5 Å². The molecule has 160 valence electrons. The van der Waals surface area contributed by atoms with E-state index in [4.69, 9.17) is 5.11 Å². The van der Waals surface area contributed by atoms with Crippen LogP contribution in [0.2, 0.25) is 0 Å². The summed E-state index contributed by atoms with van der Waals surface area (Å²) in [7, 11) is 0. The molecule has 0 saturated heterocycles. The van der Waals surface area contributed by atoms with Crippen LogP contribution in [0.3, 0.4) is 0 Å². The number of H-pyrrole nitrogens is 1. The fourth-order valence-electron chi connectivity index (χ4n) is 4.09. The van der Waals surface area contributed by atoms with Crippen molar-refractivity contribution in [1.82, 2.24) is 15.5 Å². The predicted molar refractivity (Wildman–Crippen MR) is 111 cm³/mol. The third-order valence-corrected chi connectivity index (χ3v) is 5.96. The van der Waals surface area contributed by atoms with Crippen molar-refractivity contribution >= 4 is 28.4 Å². The molecule has 1 saturated carbocycles. The summed E-state index contributed by atoms with van der Waals surface area (Å²) in [4.78, 5) is 47.7. The minimum Gasteiger partial charge on any atom is -0.481 e. The molecule has 0 unspecified atom stereocenters. The van der Waals surface area contributed by atoms with E-state index in [1.165, 1.54) is 0 Å². The first-order chi connectivity index (χ1) is 14.3. The lowest BCUT2D eigenvalue weighted by atomic mass is 9.79. The molecule has 1 aromatic heterocycles. The fraction of sp³-hybridized carbons (Fsp3) is 0.500. The number of nitrogens with zero attached hydrogens (tertiary/aromatic N) is 1. The number of carboxylic acid groups (broad SMARTS) is 1. The van der Waals surface area contributed by atoms with Crippen LogP contribution in [0, 0.1) is 11.8 Å². The number of aromatic nitrogens is 2. The Labute approximate surface area is 174 Å². The van der Waals surface area contributed by atoms with Crippen molar-refractivity contribution in [1.29, 1.82) is 0 Å². The second-order valence-corrected chi connectivity index (χ2v) is 8.07. The van der Waals surface area contributed by atoms with E-state index in [-0.39, 0.29) is 29.6 Å². The number of fused-ring (bicyclic) bond motifs is 1. The number of nitrogens with one attached hydrogen (secondary N) is 2. The number of carbonyl (C=O) groups excluding carboxylic acids is 2. The molecule has 1 aliphatic carbocycles. The molecule has 1 atom stereocenters. The van der Waals surface area contributed by atoms with Crippen molar-refractivity contribution in [2.45, 2.75) is 57.9 Å². The average molecular weight is 413 g/mol. The van der Waals surface area contributed by atoms with Gasteiger partial charge in [-0.3, -0.25) is 19.2 Å². The molecule has 8 heteroatoms. The largest absolute Gasteiger partial charge is 0.481 e. The van der Waals surface area contributed by atoms with Crippen LogP contribution in [0.1, 0.15) is 51.1 Å². The first kappa shape index (κ1) is 21.7. The Morgan fingerprint density at radius 2 is 1.83 bits per heavy atom. The van der Waals surface area contributed by atoms with Crippen LogP contribution >= 0.6 is 0 Å². The van der Waals surface area contributed by atoms with Crippen molar-refractivity contribution in [2.24, 2.45) is 11.8 Å². The van der Waals surface area contributed by atoms with Crippen molar-refractivity contribution in [2.75, 3.05) is 0 Å². The molecule has 1 amide bonds. The molecule has 30 heavy (non-hydrogen) atoms. The average Bonchev–Trinajstić information content (AvgIpc) is 2.74. The van der Waals surface area contributed by atoms with Gasteiger partial charge in [-0.1, -0.05) is 18.2 Å². The van der Waals surface area contributed by atoms with E-state index in [2.05, 4.69) is 15.5 Å². The van der Waals surface area contributed by atoms with E-state index in [1.807, 2.05) is 0 Å². The number of carboxylic acids is 1. The Bertz CT molecular complexity index is 992. The van der Waals surface area contributed by atoms with E-state index >= 15 is 0 Å². The van der Waals surface area contributed by atoms with Gasteiger partial charge >= 0.3 is 5.97 Å². The lowest BCUT2D eigenvalue weighted by Crippen LogP contribution is -2.39. The van der Waals surface area contributed by atoms with Gasteiger partial charge < -0.3 is 10.4 Å². The summed E-state index contributed by atoms with van der Waals surface area (Å²) in [6, 6.07) is 6.33. The number of ketones is 1. The molecule has 0 radical (unpaired) electrons. The zero-order valence-corrected chi connectivity index (χ0v) is 17.0. The normalized spacial score (nSPS) is 19.9. The van der Waals surface area contributed by atoms with Gasteiger partial charge in [0.25, 0.3) is 5.56 Å². The van der Waals surface area contributed by atoms with Crippen LogP contribution in [0.5, 0.6) is 0 Å². The van der Waals surface area contributed by atoms with Crippen LogP contribution in [-0.4, -0.2) is 39.0 Å². The van der Waals surface area contributed by atoms with Crippen molar-refractivity contribution in [3.05, 3.63) is 40.3 Å². The van der Waals surface area contributed by atoms with Gasteiger partial charge in [0.15, 0.2) is 5.78 Å². The number of rotatable bonds is 8. The number of hydrogen-bond acceptors (Lipinski definition) is 5. The molecule has 8 nitrogen and oxygen atoms in total. The smallest absolute Gasteiger partial charge is 0.306 e. The van der Waals surface area contributed by atoms with Gasteiger partial charge in [-0.2, -0.15) is 5.10 Å². The second-order valence-electron chi connectivity index (χ2n) is 8.07. The lowest BCUT2D eigenvalue weighted by Gasteiger charge is -2.26. The SMILES string of the molecule is C[C@H](NC(=O)Cc1n[nH]c(=O)c2ccccc12)C(=O)CCC1CCC(C(=O)O)CC1. The minimum absolute atomic E-state index is 0.0336. The van der Waals surface area contributed by atoms with Crippen molar-refractivity contribution < 1.29 is 19.5 Å². The summed E-state index contributed by atoms with van der Waals surface area (Å²) in [6.45, 7) is 1.67. The highest BCUT2D eigenvalue weighted by molar-refractivity contribution is 5.91. The third-order valence-electron chi connectivity index (χ3n) is 5.96. The fourth-order valence-corrected chi connectivity index (χ4v) is 4.09. The molecular formula is C22H27N3O5. The summed E-state index contributed by atoms with van der Waals surface area (Å²) in [6.07, 6.45) is 4.04. The van der Waals surface area contributed by atoms with E-state index in [0.717, 1.165) is 19.3 Å². The molecule has 1 heterocycles. The van der Waals surface area contributed by atoms with Crippen LogP contribution in [0.25, 0.3) is 10.8 Å². The first-order valence-electron chi connectivity index (χ1n) is 10.4. The molecule has 1 aromatic carbocycles. The zero-order chi connectivity index (χ0) is 21.7. The minimum atomic E-state index is -0.731. The highest BCUT2D eigenvalue weighted by atomic mass is 16.4.